The van der Waals surface area contributed by atoms with E-state index in [1.54, 1.807) is 0 Å². The van der Waals surface area contributed by atoms with Gasteiger partial charge in [0.2, 0.25) is 0 Å². The fraction of sp³-hybridized carbons (Fsp3) is 0.562. The molecule has 1 saturated carbocycles. The van der Waals surface area contributed by atoms with Gasteiger partial charge in [-0.05, 0) is 37.8 Å². The smallest absolute Gasteiger partial charge is 0.315 e. The number of aryl methyl sites for hydroxylation is 1. The first kappa shape index (κ1) is 14.9. The highest BCUT2D eigenvalue weighted by molar-refractivity contribution is 5.74. The highest BCUT2D eigenvalue weighted by Crippen LogP contribution is 2.19. The fourth-order valence-corrected chi connectivity index (χ4v) is 2.84. The number of carbonyl (C=O) groups excluding carboxylic acids is 1. The van der Waals surface area contributed by atoms with E-state index in [1.165, 1.54) is 0 Å². The Labute approximate surface area is 120 Å². The van der Waals surface area contributed by atoms with Gasteiger partial charge in [-0.2, -0.15) is 0 Å². The molecule has 1 aromatic carbocycles. The van der Waals surface area contributed by atoms with E-state index in [0.29, 0.717) is 0 Å². The summed E-state index contributed by atoms with van der Waals surface area (Å²) in [7, 11) is 0. The van der Waals surface area contributed by atoms with Gasteiger partial charge in [-0.3, -0.25) is 0 Å². The molecule has 0 heterocycles. The molecule has 0 radical (unpaired) electrons. The molecule has 0 aliphatic heterocycles. The number of aliphatic hydroxyl groups is 1. The lowest BCUT2D eigenvalue weighted by atomic mass is 9.93. The van der Waals surface area contributed by atoms with Crippen molar-refractivity contribution in [1.82, 2.24) is 10.6 Å². The summed E-state index contributed by atoms with van der Waals surface area (Å²) in [5, 5.41) is 15.7. The van der Waals surface area contributed by atoms with E-state index in [9.17, 15) is 9.90 Å². The van der Waals surface area contributed by atoms with Crippen molar-refractivity contribution < 1.29 is 9.90 Å². The second-order valence-electron chi connectivity index (χ2n) is 5.65. The van der Waals surface area contributed by atoms with Crippen LogP contribution in [0, 0.1) is 6.92 Å². The van der Waals surface area contributed by atoms with E-state index in [0.717, 1.165) is 36.8 Å². The van der Waals surface area contributed by atoms with Crippen LogP contribution in [0.1, 0.15) is 49.8 Å². The Morgan fingerprint density at radius 3 is 2.70 bits per heavy atom. The lowest BCUT2D eigenvalue weighted by Crippen LogP contribution is -2.49. The predicted octanol–water partition coefficient (Wildman–Crippen LogP) is 2.66. The van der Waals surface area contributed by atoms with Gasteiger partial charge >= 0.3 is 6.03 Å². The van der Waals surface area contributed by atoms with Crippen LogP contribution in [-0.4, -0.2) is 23.3 Å². The predicted molar refractivity (Wildman–Crippen MR) is 79.5 cm³/mol. The number of benzene rings is 1. The average Bonchev–Trinajstić information content (AvgIpc) is 2.41. The maximum Gasteiger partial charge on any atom is 0.315 e. The number of urea groups is 1. The number of hydrogen-bond donors (Lipinski definition) is 3. The second kappa shape index (κ2) is 6.75. The van der Waals surface area contributed by atoms with Gasteiger partial charge in [0.1, 0.15) is 0 Å². The van der Waals surface area contributed by atoms with Crippen molar-refractivity contribution in [2.45, 2.75) is 57.7 Å². The molecule has 20 heavy (non-hydrogen) atoms. The molecule has 0 spiro atoms. The standard InChI is InChI=1S/C16H24N2O2/c1-11-7-3-4-8-13(11)12(2)17-16(20)18-14-9-5-6-10-15(14)19/h3-4,7-8,12,14-15,19H,5-6,9-10H2,1-2H3,(H2,17,18,20)/t12-,14-,15+/m0/s1. The van der Waals surface area contributed by atoms with Crippen LogP contribution in [0.3, 0.4) is 0 Å². The van der Waals surface area contributed by atoms with Crippen molar-refractivity contribution >= 4 is 6.03 Å². The van der Waals surface area contributed by atoms with Gasteiger partial charge in [0.05, 0.1) is 18.2 Å². The van der Waals surface area contributed by atoms with Crippen molar-refractivity contribution in [3.8, 4) is 0 Å². The zero-order chi connectivity index (χ0) is 14.5. The van der Waals surface area contributed by atoms with Gasteiger partial charge in [-0.1, -0.05) is 37.1 Å². The minimum Gasteiger partial charge on any atom is -0.391 e. The monoisotopic (exact) mass is 276 g/mol. The Balaban J connectivity index is 1.89. The summed E-state index contributed by atoms with van der Waals surface area (Å²) in [5.74, 6) is 0. The minimum absolute atomic E-state index is 0.0445. The van der Waals surface area contributed by atoms with Gasteiger partial charge in [0, 0.05) is 0 Å². The SMILES string of the molecule is Cc1ccccc1[C@H](C)NC(=O)N[C@H]1CCCC[C@H]1O. The van der Waals surface area contributed by atoms with Crippen molar-refractivity contribution in [3.05, 3.63) is 35.4 Å². The molecule has 0 unspecified atom stereocenters. The summed E-state index contributed by atoms with van der Waals surface area (Å²) < 4.78 is 0. The molecule has 1 fully saturated rings. The molecular weight excluding hydrogens is 252 g/mol. The minimum atomic E-state index is -0.414. The van der Waals surface area contributed by atoms with Crippen molar-refractivity contribution in [2.75, 3.05) is 0 Å². The van der Waals surface area contributed by atoms with E-state index in [2.05, 4.69) is 10.6 Å². The number of hydrogen-bond acceptors (Lipinski definition) is 2. The lowest BCUT2D eigenvalue weighted by Gasteiger charge is -2.29. The molecule has 1 aliphatic carbocycles. The zero-order valence-electron chi connectivity index (χ0n) is 12.2. The van der Waals surface area contributed by atoms with E-state index >= 15 is 0 Å². The van der Waals surface area contributed by atoms with E-state index < -0.39 is 6.10 Å². The summed E-state index contributed by atoms with van der Waals surface area (Å²) in [5.41, 5.74) is 2.28. The van der Waals surface area contributed by atoms with Gasteiger partial charge in [-0.15, -0.1) is 0 Å². The Morgan fingerprint density at radius 1 is 1.30 bits per heavy atom. The maximum absolute atomic E-state index is 12.0. The molecule has 2 rings (SSSR count). The summed E-state index contributed by atoms with van der Waals surface area (Å²) in [6.07, 6.45) is 3.32. The lowest BCUT2D eigenvalue weighted by molar-refractivity contribution is 0.0941. The normalized spacial score (nSPS) is 23.9. The summed E-state index contributed by atoms with van der Waals surface area (Å²) >= 11 is 0. The summed E-state index contributed by atoms with van der Waals surface area (Å²) in [6.45, 7) is 4.01. The molecule has 0 bridgehead atoms. The van der Waals surface area contributed by atoms with Crippen molar-refractivity contribution in [3.63, 3.8) is 0 Å². The maximum atomic E-state index is 12.0. The first-order valence-corrected chi connectivity index (χ1v) is 7.38. The van der Waals surface area contributed by atoms with Crippen LogP contribution in [0.15, 0.2) is 24.3 Å². The van der Waals surface area contributed by atoms with Crippen LogP contribution in [0.4, 0.5) is 4.79 Å². The van der Waals surface area contributed by atoms with Gasteiger partial charge in [0.15, 0.2) is 0 Å². The molecule has 2 amide bonds. The number of amides is 2. The fourth-order valence-electron chi connectivity index (χ4n) is 2.84. The Morgan fingerprint density at radius 2 is 2.00 bits per heavy atom. The van der Waals surface area contributed by atoms with E-state index in [-0.39, 0.29) is 18.1 Å². The molecular formula is C16H24N2O2. The third-order valence-corrected chi connectivity index (χ3v) is 4.05. The molecule has 0 saturated heterocycles. The number of nitrogens with one attached hydrogen (secondary N) is 2. The molecule has 0 aromatic heterocycles. The molecule has 3 atom stereocenters. The first-order valence-electron chi connectivity index (χ1n) is 7.38. The molecule has 3 N–H and O–H groups in total. The van der Waals surface area contributed by atoms with E-state index in [1.807, 2.05) is 38.1 Å². The van der Waals surface area contributed by atoms with Crippen molar-refractivity contribution in [2.24, 2.45) is 0 Å². The Kier molecular flexibility index (Phi) is 5.01. The zero-order valence-corrected chi connectivity index (χ0v) is 12.2. The third kappa shape index (κ3) is 3.73. The van der Waals surface area contributed by atoms with Crippen LogP contribution in [0.5, 0.6) is 0 Å². The van der Waals surface area contributed by atoms with Crippen LogP contribution < -0.4 is 10.6 Å². The van der Waals surface area contributed by atoms with Crippen LogP contribution in [0.25, 0.3) is 0 Å². The van der Waals surface area contributed by atoms with Gasteiger partial charge in [0.25, 0.3) is 0 Å². The van der Waals surface area contributed by atoms with E-state index in [4.69, 9.17) is 0 Å². The number of carbonyl (C=O) groups is 1. The second-order valence-corrected chi connectivity index (χ2v) is 5.65. The Bertz CT molecular complexity index is 462. The van der Waals surface area contributed by atoms with Crippen molar-refractivity contribution in [1.29, 1.82) is 0 Å². The quantitative estimate of drug-likeness (QED) is 0.795. The Hall–Kier alpha value is -1.55. The molecule has 1 aliphatic rings. The molecule has 4 nitrogen and oxygen atoms in total. The summed E-state index contributed by atoms with van der Waals surface area (Å²) in [4.78, 5) is 12.0. The topological polar surface area (TPSA) is 61.4 Å². The summed E-state index contributed by atoms with van der Waals surface area (Å²) in [6, 6.07) is 7.66. The van der Waals surface area contributed by atoms with Crippen LogP contribution in [-0.2, 0) is 0 Å². The number of aliphatic hydroxyl groups excluding tert-OH is 1. The largest absolute Gasteiger partial charge is 0.391 e. The highest BCUT2D eigenvalue weighted by atomic mass is 16.3. The average molecular weight is 276 g/mol. The van der Waals surface area contributed by atoms with Crippen LogP contribution >= 0.6 is 0 Å². The van der Waals surface area contributed by atoms with Gasteiger partial charge in [-0.25, -0.2) is 4.79 Å². The molecule has 1 aromatic rings. The third-order valence-electron chi connectivity index (χ3n) is 4.05. The molecule has 110 valence electrons. The number of rotatable bonds is 3. The highest BCUT2D eigenvalue weighted by Gasteiger charge is 2.24. The van der Waals surface area contributed by atoms with Crippen LogP contribution in [0.2, 0.25) is 0 Å². The van der Waals surface area contributed by atoms with Gasteiger partial charge < -0.3 is 15.7 Å². The first-order chi connectivity index (χ1) is 9.58. The molecule has 4 heteroatoms.